The van der Waals surface area contributed by atoms with E-state index in [1.54, 1.807) is 29.2 Å². The lowest BCUT2D eigenvalue weighted by Gasteiger charge is -2.39. The molecule has 2 aliphatic heterocycles. The number of nitrogens with zero attached hydrogens (tertiary/aromatic N) is 5. The first-order valence-electron chi connectivity index (χ1n) is 15.4. The molecule has 0 bridgehead atoms. The number of H-pyrrole nitrogens is 1. The van der Waals surface area contributed by atoms with Crippen LogP contribution in [-0.2, 0) is 9.59 Å². The molecule has 2 fully saturated rings. The fraction of sp³-hybridized carbons (Fsp3) is 0.303. The van der Waals surface area contributed by atoms with Crippen LogP contribution in [0.15, 0.2) is 71.5 Å². The van der Waals surface area contributed by atoms with E-state index in [0.717, 1.165) is 12.1 Å². The highest BCUT2D eigenvalue weighted by atomic mass is 19.1. The average molecular weight is 659 g/mol. The number of aromatic amines is 1. The van der Waals surface area contributed by atoms with Crippen LogP contribution in [0.2, 0.25) is 0 Å². The first kappa shape index (κ1) is 32.2. The number of nitro groups is 1. The Labute approximate surface area is 272 Å². The quantitative estimate of drug-likeness (QED) is 0.210. The maximum Gasteiger partial charge on any atom is 0.325 e. The monoisotopic (exact) mass is 658 g/mol. The topological polar surface area (TPSA) is 179 Å². The number of nitro benzene ring substituents is 1. The van der Waals surface area contributed by atoms with Crippen molar-refractivity contribution in [2.75, 3.05) is 39.3 Å². The number of hydrogen-bond donors (Lipinski definition) is 2. The summed E-state index contributed by atoms with van der Waals surface area (Å²) >= 11 is 0. The number of fused-ring (bicyclic) bond motifs is 1. The van der Waals surface area contributed by atoms with Crippen molar-refractivity contribution in [2.24, 2.45) is 5.92 Å². The summed E-state index contributed by atoms with van der Waals surface area (Å²) in [4.78, 5) is 67.0. The molecule has 0 spiro atoms. The second kappa shape index (κ2) is 13.6. The number of non-ortho nitro benzene ring substituents is 1. The molecule has 3 aromatic carbocycles. The summed E-state index contributed by atoms with van der Waals surface area (Å²) in [5.74, 6) is -3.01. The number of carbonyl (C=O) groups excluding carboxylic acids is 2. The Hall–Kier alpha value is -5.70. The zero-order chi connectivity index (χ0) is 33.9. The molecule has 14 nitrogen and oxygen atoms in total. The molecule has 0 saturated carbocycles. The lowest BCUT2D eigenvalue weighted by Crippen LogP contribution is -2.53. The fourth-order valence-corrected chi connectivity index (χ4v) is 6.35. The Morgan fingerprint density at radius 2 is 1.65 bits per heavy atom. The van der Waals surface area contributed by atoms with Crippen LogP contribution < -0.4 is 10.3 Å². The van der Waals surface area contributed by atoms with Crippen LogP contribution in [-0.4, -0.2) is 92.0 Å². The number of nitrogens with one attached hydrogen (secondary N) is 1. The maximum absolute atomic E-state index is 14.9. The minimum absolute atomic E-state index is 0.0257. The number of hydrogen-bond acceptors (Lipinski definition) is 9. The van der Waals surface area contributed by atoms with Crippen molar-refractivity contribution in [1.29, 1.82) is 0 Å². The third kappa shape index (κ3) is 6.44. The number of ether oxygens (including phenoxy) is 1. The van der Waals surface area contributed by atoms with Crippen LogP contribution in [0.4, 0.5) is 10.1 Å². The SMILES string of the molecule is O=C(O)C(c1ccccc1)N1CCC(C(=O)N2CCN(C(=O)c3cc(Oc4n[nH]c(=O)c5cccc([N+](=O)[O-])c45)ccc3F)CC2)CC1. The van der Waals surface area contributed by atoms with E-state index < -0.39 is 39.9 Å². The number of rotatable bonds is 8. The van der Waals surface area contributed by atoms with Crippen molar-refractivity contribution in [1.82, 2.24) is 24.9 Å². The fourth-order valence-electron chi connectivity index (χ4n) is 6.35. The van der Waals surface area contributed by atoms with Gasteiger partial charge in [0.1, 0.15) is 23.0 Å². The van der Waals surface area contributed by atoms with Gasteiger partial charge in [0.2, 0.25) is 5.91 Å². The molecule has 15 heteroatoms. The van der Waals surface area contributed by atoms with Crippen LogP contribution in [0.5, 0.6) is 11.6 Å². The molecule has 1 unspecified atom stereocenters. The molecule has 4 aromatic rings. The molecule has 2 saturated heterocycles. The maximum atomic E-state index is 14.9. The number of piperidine rings is 1. The number of halogens is 1. The molecule has 2 N–H and O–H groups in total. The van der Waals surface area contributed by atoms with Crippen LogP contribution in [0.25, 0.3) is 10.8 Å². The third-order valence-electron chi connectivity index (χ3n) is 8.81. The number of carboxylic acids is 1. The molecule has 3 heterocycles. The van der Waals surface area contributed by atoms with Crippen LogP contribution >= 0.6 is 0 Å². The number of benzene rings is 3. The van der Waals surface area contributed by atoms with Crippen molar-refractivity contribution in [2.45, 2.75) is 18.9 Å². The first-order chi connectivity index (χ1) is 23.1. The van der Waals surface area contributed by atoms with Gasteiger partial charge in [-0.05, 0) is 42.7 Å². The van der Waals surface area contributed by atoms with E-state index >= 15 is 0 Å². The zero-order valence-electron chi connectivity index (χ0n) is 25.6. The molecule has 48 heavy (non-hydrogen) atoms. The van der Waals surface area contributed by atoms with Gasteiger partial charge in [0, 0.05) is 51.3 Å². The highest BCUT2D eigenvalue weighted by Crippen LogP contribution is 2.34. The summed E-state index contributed by atoms with van der Waals surface area (Å²) in [7, 11) is 0. The third-order valence-corrected chi connectivity index (χ3v) is 8.81. The van der Waals surface area contributed by atoms with Gasteiger partial charge in [-0.2, -0.15) is 0 Å². The number of aromatic nitrogens is 2. The van der Waals surface area contributed by atoms with E-state index in [0.29, 0.717) is 31.5 Å². The molecule has 1 atom stereocenters. The minimum atomic E-state index is -0.939. The number of carboxylic acid groups (broad SMARTS) is 1. The van der Waals surface area contributed by atoms with Gasteiger partial charge in [-0.15, -0.1) is 5.10 Å². The molecular weight excluding hydrogens is 627 g/mol. The summed E-state index contributed by atoms with van der Waals surface area (Å²) in [5, 5.41) is 27.4. The van der Waals surface area contributed by atoms with Gasteiger partial charge >= 0.3 is 5.97 Å². The predicted octanol–water partition coefficient (Wildman–Crippen LogP) is 3.59. The van der Waals surface area contributed by atoms with Gasteiger partial charge < -0.3 is 19.6 Å². The van der Waals surface area contributed by atoms with Gasteiger partial charge in [-0.3, -0.25) is 34.2 Å². The van der Waals surface area contributed by atoms with Crippen molar-refractivity contribution in [3.8, 4) is 11.6 Å². The summed E-state index contributed by atoms with van der Waals surface area (Å²) in [6, 6.07) is 15.6. The van der Waals surface area contributed by atoms with Gasteiger partial charge in [0.15, 0.2) is 0 Å². The summed E-state index contributed by atoms with van der Waals surface area (Å²) < 4.78 is 20.7. The second-order valence-corrected chi connectivity index (χ2v) is 11.6. The van der Waals surface area contributed by atoms with E-state index in [-0.39, 0.29) is 66.0 Å². The Balaban J connectivity index is 1.09. The van der Waals surface area contributed by atoms with Crippen LogP contribution in [0.1, 0.15) is 34.8 Å². The Kier molecular flexibility index (Phi) is 9.12. The Morgan fingerprint density at radius 3 is 2.31 bits per heavy atom. The normalized spacial score (nSPS) is 16.4. The molecule has 2 aliphatic rings. The molecule has 1 aromatic heterocycles. The van der Waals surface area contributed by atoms with Crippen molar-refractivity contribution in [3.63, 3.8) is 0 Å². The van der Waals surface area contributed by atoms with Gasteiger partial charge in [0.25, 0.3) is 23.0 Å². The van der Waals surface area contributed by atoms with Gasteiger partial charge in [-0.1, -0.05) is 36.4 Å². The van der Waals surface area contributed by atoms with E-state index in [2.05, 4.69) is 10.2 Å². The molecule has 248 valence electrons. The number of carbonyl (C=O) groups is 3. The molecule has 0 aliphatic carbocycles. The summed E-state index contributed by atoms with van der Waals surface area (Å²) in [5.41, 5.74) is -0.674. The lowest BCUT2D eigenvalue weighted by molar-refractivity contribution is -0.383. The van der Waals surface area contributed by atoms with Crippen LogP contribution in [0, 0.1) is 21.8 Å². The van der Waals surface area contributed by atoms with Crippen LogP contribution in [0.3, 0.4) is 0 Å². The largest absolute Gasteiger partial charge is 0.480 e. The second-order valence-electron chi connectivity index (χ2n) is 11.6. The molecular formula is C33H31FN6O8. The van der Waals surface area contributed by atoms with Crippen molar-refractivity contribution in [3.05, 3.63) is 104 Å². The van der Waals surface area contributed by atoms with Gasteiger partial charge in [-0.25, -0.2) is 9.49 Å². The highest BCUT2D eigenvalue weighted by Gasteiger charge is 2.36. The van der Waals surface area contributed by atoms with Crippen molar-refractivity contribution < 1.29 is 33.5 Å². The summed E-state index contributed by atoms with van der Waals surface area (Å²) in [6.45, 7) is 1.75. The van der Waals surface area contributed by atoms with E-state index in [9.17, 15) is 38.8 Å². The molecule has 0 radical (unpaired) electrons. The number of piperazine rings is 1. The van der Waals surface area contributed by atoms with Gasteiger partial charge in [0.05, 0.1) is 15.9 Å². The zero-order valence-corrected chi connectivity index (χ0v) is 25.6. The number of aliphatic carboxylic acids is 1. The molecule has 6 rings (SSSR count). The standard InChI is InChI=1S/C33H31FN6O8/c34-25-10-9-22(48-30-27-23(29(41)35-36-30)7-4-8-26(27)40(46)47)19-24(25)32(43)39-17-15-38(16-18-39)31(42)21-11-13-37(14-12-21)28(33(44)45)20-5-2-1-3-6-20/h1-10,19,21,28H,11-18H2,(H,35,41)(H,44,45). The van der Waals surface area contributed by atoms with E-state index in [4.69, 9.17) is 4.74 Å². The Morgan fingerprint density at radius 1 is 0.958 bits per heavy atom. The van der Waals surface area contributed by atoms with E-state index in [1.807, 2.05) is 11.0 Å². The predicted molar refractivity (Wildman–Crippen MR) is 169 cm³/mol. The first-order valence-corrected chi connectivity index (χ1v) is 15.4. The minimum Gasteiger partial charge on any atom is -0.480 e. The highest BCUT2D eigenvalue weighted by molar-refractivity contribution is 5.96. The van der Waals surface area contributed by atoms with Crippen molar-refractivity contribution >= 4 is 34.2 Å². The molecule has 2 amide bonds. The number of amides is 2. The summed E-state index contributed by atoms with van der Waals surface area (Å²) in [6.07, 6.45) is 1.02. The average Bonchev–Trinajstić information content (AvgIpc) is 3.10. The van der Waals surface area contributed by atoms with E-state index in [1.165, 1.54) is 29.2 Å². The lowest BCUT2D eigenvalue weighted by atomic mass is 9.92. The smallest absolute Gasteiger partial charge is 0.325 e. The number of likely N-dealkylation sites (tertiary alicyclic amines) is 1. The Bertz CT molecular complexity index is 1940.